The molecule has 2 saturated carbocycles. The second kappa shape index (κ2) is 2.24. The van der Waals surface area contributed by atoms with Crippen molar-refractivity contribution in [3.05, 3.63) is 0 Å². The summed E-state index contributed by atoms with van der Waals surface area (Å²) in [6.45, 7) is 7.25. The van der Waals surface area contributed by atoms with Gasteiger partial charge in [0.2, 0.25) is 0 Å². The third kappa shape index (κ3) is 1.21. The number of rotatable bonds is 1. The maximum Gasteiger partial charge on any atom is -0.0294 e. The minimum Gasteiger partial charge on any atom is -0.0625 e. The van der Waals surface area contributed by atoms with Crippen LogP contribution in [0.2, 0.25) is 0 Å². The zero-order chi connectivity index (χ0) is 8.06. The third-order valence-electron chi connectivity index (χ3n) is 4.15. The first-order valence-electron chi connectivity index (χ1n) is 5.12. The van der Waals surface area contributed by atoms with Crippen molar-refractivity contribution in [3.63, 3.8) is 0 Å². The van der Waals surface area contributed by atoms with Gasteiger partial charge < -0.3 is 0 Å². The molecule has 0 radical (unpaired) electrons. The van der Waals surface area contributed by atoms with Gasteiger partial charge in [-0.05, 0) is 48.9 Å². The van der Waals surface area contributed by atoms with Gasteiger partial charge in [0.25, 0.3) is 0 Å². The van der Waals surface area contributed by atoms with Gasteiger partial charge in [0, 0.05) is 0 Å². The van der Waals surface area contributed by atoms with E-state index in [-0.39, 0.29) is 0 Å². The Balaban J connectivity index is 1.93. The van der Waals surface area contributed by atoms with Crippen molar-refractivity contribution in [3.8, 4) is 0 Å². The van der Waals surface area contributed by atoms with Crippen molar-refractivity contribution < 1.29 is 0 Å². The van der Waals surface area contributed by atoms with Crippen LogP contribution in [0.4, 0.5) is 0 Å². The van der Waals surface area contributed by atoms with Crippen molar-refractivity contribution in [1.82, 2.24) is 0 Å². The first kappa shape index (κ1) is 7.64. The van der Waals surface area contributed by atoms with E-state index in [0.29, 0.717) is 0 Å². The molecule has 0 aromatic rings. The van der Waals surface area contributed by atoms with E-state index in [1.807, 2.05) is 0 Å². The number of hydrogen-bond acceptors (Lipinski definition) is 0. The van der Waals surface area contributed by atoms with E-state index in [1.54, 1.807) is 0 Å². The first-order valence-corrected chi connectivity index (χ1v) is 5.12. The molecule has 64 valence electrons. The van der Waals surface area contributed by atoms with Gasteiger partial charge in [-0.15, -0.1) is 0 Å². The van der Waals surface area contributed by atoms with E-state index < -0.39 is 0 Å². The molecule has 0 amide bonds. The Hall–Kier alpha value is 0. The fourth-order valence-corrected chi connectivity index (χ4v) is 2.78. The lowest BCUT2D eigenvalue weighted by atomic mass is 9.78. The zero-order valence-corrected chi connectivity index (χ0v) is 8.06. The summed E-state index contributed by atoms with van der Waals surface area (Å²) in [5.41, 5.74) is 0.811. The second-order valence-corrected chi connectivity index (χ2v) is 5.33. The molecule has 0 nitrogen and oxygen atoms in total. The number of hydrogen-bond donors (Lipinski definition) is 0. The Labute approximate surface area is 70.4 Å². The maximum absolute atomic E-state index is 2.48. The fraction of sp³-hybridized carbons (Fsp3) is 1.00. The molecule has 2 fully saturated rings. The molecule has 0 aromatic heterocycles. The minimum absolute atomic E-state index is 0.811. The van der Waals surface area contributed by atoms with Crippen molar-refractivity contribution >= 4 is 0 Å². The van der Waals surface area contributed by atoms with E-state index in [9.17, 15) is 0 Å². The van der Waals surface area contributed by atoms with Crippen molar-refractivity contribution in [2.24, 2.45) is 23.2 Å². The summed E-state index contributed by atoms with van der Waals surface area (Å²) in [7, 11) is 0. The van der Waals surface area contributed by atoms with E-state index >= 15 is 0 Å². The zero-order valence-electron chi connectivity index (χ0n) is 8.06. The molecule has 0 bridgehead atoms. The Morgan fingerprint density at radius 2 is 2.09 bits per heavy atom. The Kier molecular flexibility index (Phi) is 1.56. The van der Waals surface area contributed by atoms with Gasteiger partial charge in [-0.1, -0.05) is 20.8 Å². The van der Waals surface area contributed by atoms with Crippen LogP contribution in [-0.4, -0.2) is 0 Å². The molecule has 2 aliphatic carbocycles. The lowest BCUT2D eigenvalue weighted by Crippen LogP contribution is -2.18. The molecule has 2 rings (SSSR count). The molecular weight excluding hydrogens is 132 g/mol. The van der Waals surface area contributed by atoms with Crippen LogP contribution in [0, 0.1) is 23.2 Å². The fourth-order valence-electron chi connectivity index (χ4n) is 2.78. The van der Waals surface area contributed by atoms with E-state index in [0.717, 1.165) is 23.2 Å². The van der Waals surface area contributed by atoms with Crippen LogP contribution in [-0.2, 0) is 0 Å². The Bertz CT molecular complexity index is 159. The Morgan fingerprint density at radius 1 is 1.36 bits per heavy atom. The summed E-state index contributed by atoms with van der Waals surface area (Å²) < 4.78 is 0. The number of fused-ring (bicyclic) bond motifs is 1. The lowest BCUT2D eigenvalue weighted by molar-refractivity contribution is 0.227. The van der Waals surface area contributed by atoms with Gasteiger partial charge in [-0.2, -0.15) is 0 Å². The van der Waals surface area contributed by atoms with Gasteiger partial charge in [0.05, 0.1) is 0 Å². The standard InChI is InChI=1S/C11H20/c1-8(2)9-4-5-11(3)7-10(11)6-9/h8-10H,4-7H2,1-3H3. The van der Waals surface area contributed by atoms with Gasteiger partial charge in [0.15, 0.2) is 0 Å². The van der Waals surface area contributed by atoms with Crippen LogP contribution in [0.25, 0.3) is 0 Å². The summed E-state index contributed by atoms with van der Waals surface area (Å²) in [4.78, 5) is 0. The summed E-state index contributed by atoms with van der Waals surface area (Å²) in [6, 6.07) is 0. The highest BCUT2D eigenvalue weighted by atomic mass is 14.6. The van der Waals surface area contributed by atoms with Crippen molar-refractivity contribution in [2.75, 3.05) is 0 Å². The molecular formula is C11H20. The van der Waals surface area contributed by atoms with Crippen molar-refractivity contribution in [1.29, 1.82) is 0 Å². The summed E-state index contributed by atoms with van der Waals surface area (Å²) in [6.07, 6.45) is 6.09. The van der Waals surface area contributed by atoms with Crippen LogP contribution >= 0.6 is 0 Å². The van der Waals surface area contributed by atoms with Crippen molar-refractivity contribution in [2.45, 2.75) is 46.5 Å². The average Bonchev–Trinajstić information content (AvgIpc) is 2.58. The third-order valence-corrected chi connectivity index (χ3v) is 4.15. The quantitative estimate of drug-likeness (QED) is 0.539. The SMILES string of the molecule is CC(C)C1CCC2(C)CC2C1. The highest BCUT2D eigenvalue weighted by Gasteiger charge is 2.52. The topological polar surface area (TPSA) is 0 Å². The van der Waals surface area contributed by atoms with Gasteiger partial charge >= 0.3 is 0 Å². The van der Waals surface area contributed by atoms with E-state index in [4.69, 9.17) is 0 Å². The summed E-state index contributed by atoms with van der Waals surface area (Å²) >= 11 is 0. The molecule has 0 saturated heterocycles. The average molecular weight is 152 g/mol. The smallest absolute Gasteiger partial charge is 0.0294 e. The molecule has 3 atom stereocenters. The lowest BCUT2D eigenvalue weighted by Gasteiger charge is -2.28. The van der Waals surface area contributed by atoms with Crippen LogP contribution in [0.15, 0.2) is 0 Å². The predicted molar refractivity (Wildman–Crippen MR) is 48.4 cm³/mol. The molecule has 2 aliphatic rings. The predicted octanol–water partition coefficient (Wildman–Crippen LogP) is 3.47. The van der Waals surface area contributed by atoms with Crippen LogP contribution < -0.4 is 0 Å². The Morgan fingerprint density at radius 3 is 2.64 bits per heavy atom. The van der Waals surface area contributed by atoms with Crippen LogP contribution in [0.3, 0.4) is 0 Å². The van der Waals surface area contributed by atoms with Gasteiger partial charge in [-0.25, -0.2) is 0 Å². The summed E-state index contributed by atoms with van der Waals surface area (Å²) in [5, 5.41) is 0. The molecule has 0 aliphatic heterocycles. The van der Waals surface area contributed by atoms with Crippen LogP contribution in [0.5, 0.6) is 0 Å². The monoisotopic (exact) mass is 152 g/mol. The largest absolute Gasteiger partial charge is 0.0625 e. The highest BCUT2D eigenvalue weighted by Crippen LogP contribution is 2.62. The normalized spacial score (nSPS) is 49.1. The van der Waals surface area contributed by atoms with Gasteiger partial charge in [-0.3, -0.25) is 0 Å². The highest BCUT2D eigenvalue weighted by molar-refractivity contribution is 5.02. The molecule has 0 heterocycles. The van der Waals surface area contributed by atoms with Gasteiger partial charge in [0.1, 0.15) is 0 Å². The summed E-state index contributed by atoms with van der Waals surface area (Å²) in [5.74, 6) is 3.10. The van der Waals surface area contributed by atoms with Crippen LogP contribution in [0.1, 0.15) is 46.5 Å². The first-order chi connectivity index (χ1) is 5.12. The molecule has 0 heteroatoms. The molecule has 0 spiro atoms. The molecule has 0 aromatic carbocycles. The minimum atomic E-state index is 0.811. The maximum atomic E-state index is 2.48. The molecule has 3 unspecified atom stereocenters. The van der Waals surface area contributed by atoms with E-state index in [1.165, 1.54) is 25.7 Å². The second-order valence-electron chi connectivity index (χ2n) is 5.33. The molecule has 11 heavy (non-hydrogen) atoms. The van der Waals surface area contributed by atoms with E-state index in [2.05, 4.69) is 20.8 Å². The molecule has 0 N–H and O–H groups in total.